The van der Waals surface area contributed by atoms with Crippen LogP contribution in [0.3, 0.4) is 0 Å². The van der Waals surface area contributed by atoms with Crippen molar-refractivity contribution in [1.82, 2.24) is 19.7 Å². The van der Waals surface area contributed by atoms with Gasteiger partial charge in [0.15, 0.2) is 23.3 Å². The van der Waals surface area contributed by atoms with Gasteiger partial charge in [-0.05, 0) is 31.0 Å². The van der Waals surface area contributed by atoms with E-state index in [-0.39, 0.29) is 24.1 Å². The largest absolute Gasteiger partial charge is 0.350 e. The summed E-state index contributed by atoms with van der Waals surface area (Å²) in [7, 11) is 1.72. The second kappa shape index (κ2) is 9.08. The fourth-order valence-corrected chi connectivity index (χ4v) is 3.94. The summed E-state index contributed by atoms with van der Waals surface area (Å²) < 4.78 is 41.5. The van der Waals surface area contributed by atoms with Crippen molar-refractivity contribution in [2.75, 3.05) is 28.7 Å². The van der Waals surface area contributed by atoms with Crippen molar-refractivity contribution in [1.29, 1.82) is 0 Å². The Morgan fingerprint density at radius 3 is 2.48 bits per heavy atom. The van der Waals surface area contributed by atoms with Gasteiger partial charge >= 0.3 is 0 Å². The first kappa shape index (κ1) is 22.6. The molecular weight excluding hydrogens is 435 g/mol. The second-order valence-electron chi connectivity index (χ2n) is 7.78. The Morgan fingerprint density at radius 1 is 1.09 bits per heavy atom. The van der Waals surface area contributed by atoms with Crippen LogP contribution in [0.2, 0.25) is 0 Å². The minimum atomic E-state index is -1.49. The molecule has 11 heteroatoms. The average molecular weight is 459 g/mol. The van der Waals surface area contributed by atoms with Crippen LogP contribution < -0.4 is 15.1 Å². The number of carbonyl (C=O) groups is 1. The number of halogens is 3. The summed E-state index contributed by atoms with van der Waals surface area (Å²) in [5.41, 5.74) is 1.71. The normalized spacial score (nSPS) is 15.7. The highest BCUT2D eigenvalue weighted by atomic mass is 19.2. The second-order valence-corrected chi connectivity index (χ2v) is 7.78. The molecule has 4 rings (SSSR count). The quantitative estimate of drug-likeness (QED) is 0.546. The fraction of sp³-hybridized carbons (Fsp3) is 0.364. The summed E-state index contributed by atoms with van der Waals surface area (Å²) in [6.45, 7) is 5.04. The first-order valence-electron chi connectivity index (χ1n) is 10.6. The number of fused-ring (bicyclic) bond motifs is 1. The lowest BCUT2D eigenvalue weighted by Gasteiger charge is -2.39. The highest BCUT2D eigenvalue weighted by Crippen LogP contribution is 2.34. The summed E-state index contributed by atoms with van der Waals surface area (Å²) in [6.07, 6.45) is 5.62. The minimum absolute atomic E-state index is 0.0180. The molecule has 0 unspecified atom stereocenters. The van der Waals surface area contributed by atoms with Crippen molar-refractivity contribution >= 4 is 23.4 Å². The Balaban J connectivity index is 1.46. The number of benzene rings is 1. The van der Waals surface area contributed by atoms with Gasteiger partial charge in [0.2, 0.25) is 11.9 Å². The van der Waals surface area contributed by atoms with E-state index in [9.17, 15) is 18.0 Å². The van der Waals surface area contributed by atoms with Crippen LogP contribution in [0.5, 0.6) is 0 Å². The molecule has 0 spiro atoms. The van der Waals surface area contributed by atoms with Crippen molar-refractivity contribution in [2.24, 2.45) is 0 Å². The predicted octanol–water partition coefficient (Wildman–Crippen LogP) is 3.33. The Kier molecular flexibility index (Phi) is 6.21. The lowest BCUT2D eigenvalue weighted by molar-refractivity contribution is -0.120. The topological polar surface area (TPSA) is 79.2 Å². The molecule has 1 aliphatic heterocycles. The van der Waals surface area contributed by atoms with E-state index < -0.39 is 17.5 Å². The number of nitrogens with zero attached hydrogens (tertiary/aromatic N) is 6. The van der Waals surface area contributed by atoms with Crippen LogP contribution in [0.1, 0.15) is 31.4 Å². The summed E-state index contributed by atoms with van der Waals surface area (Å²) in [5.74, 6) is -2.84. The Labute approximate surface area is 189 Å². The van der Waals surface area contributed by atoms with Crippen LogP contribution >= 0.6 is 0 Å². The summed E-state index contributed by atoms with van der Waals surface area (Å²) in [5, 5.41) is 7.33. The first-order valence-corrected chi connectivity index (χ1v) is 10.6. The maximum Gasteiger partial charge on any atom is 0.249 e. The van der Waals surface area contributed by atoms with Gasteiger partial charge in [-0.25, -0.2) is 18.2 Å². The number of nitrogens with one attached hydrogen (secondary N) is 1. The van der Waals surface area contributed by atoms with Crippen LogP contribution in [0.15, 0.2) is 30.7 Å². The number of amides is 1. The zero-order valence-corrected chi connectivity index (χ0v) is 18.5. The van der Waals surface area contributed by atoms with Crippen LogP contribution in [-0.2, 0) is 17.9 Å². The number of hydrogen-bond acceptors (Lipinski definition) is 6. The highest BCUT2D eigenvalue weighted by molar-refractivity contribution is 6.04. The van der Waals surface area contributed by atoms with E-state index in [1.807, 2.05) is 18.7 Å². The molecule has 3 heterocycles. The van der Waals surface area contributed by atoms with E-state index in [2.05, 4.69) is 20.4 Å². The molecule has 0 fully saturated rings. The molecule has 1 aromatic carbocycles. The van der Waals surface area contributed by atoms with Gasteiger partial charge in [0.25, 0.3) is 0 Å². The number of hydrogen-bond donors (Lipinski definition) is 1. The molecular formula is C22H24F3N7O. The smallest absolute Gasteiger partial charge is 0.249 e. The predicted molar refractivity (Wildman–Crippen MR) is 118 cm³/mol. The SMILES string of the molecule is CC[C@@H]1C(=O)N(C)c2cnc(NCc3cnn(Cc4cc(F)c(F)c(F)c4)c3)nc2N1CC. The van der Waals surface area contributed by atoms with E-state index in [4.69, 9.17) is 0 Å². The molecule has 0 saturated heterocycles. The molecule has 2 aromatic heterocycles. The number of likely N-dealkylation sites (N-methyl/N-ethyl adjacent to an activating group) is 2. The van der Waals surface area contributed by atoms with Crippen LogP contribution in [0.25, 0.3) is 0 Å². The van der Waals surface area contributed by atoms with Gasteiger partial charge in [0, 0.05) is 31.9 Å². The van der Waals surface area contributed by atoms with Gasteiger partial charge in [-0.2, -0.15) is 10.1 Å². The Bertz CT molecular complexity index is 1160. The maximum absolute atomic E-state index is 13.4. The molecule has 0 aliphatic carbocycles. The molecule has 33 heavy (non-hydrogen) atoms. The van der Waals surface area contributed by atoms with Crippen LogP contribution in [0, 0.1) is 17.5 Å². The highest BCUT2D eigenvalue weighted by Gasteiger charge is 2.36. The first-order chi connectivity index (χ1) is 15.8. The Hall–Kier alpha value is -3.63. The molecule has 174 valence electrons. The molecule has 0 bridgehead atoms. The van der Waals surface area contributed by atoms with Crippen LogP contribution in [-0.4, -0.2) is 45.3 Å². The molecule has 1 amide bonds. The fourth-order valence-electron chi connectivity index (χ4n) is 3.94. The number of rotatable bonds is 7. The molecule has 1 atom stereocenters. The third kappa shape index (κ3) is 4.35. The minimum Gasteiger partial charge on any atom is -0.350 e. The van der Waals surface area contributed by atoms with Crippen molar-refractivity contribution < 1.29 is 18.0 Å². The van der Waals surface area contributed by atoms with Gasteiger partial charge in [-0.15, -0.1) is 0 Å². The van der Waals surface area contributed by atoms with Crippen molar-refractivity contribution in [3.8, 4) is 0 Å². The average Bonchev–Trinajstić information content (AvgIpc) is 3.25. The monoisotopic (exact) mass is 459 g/mol. The van der Waals surface area contributed by atoms with Gasteiger partial charge in [-0.3, -0.25) is 9.48 Å². The molecule has 1 aliphatic rings. The molecule has 0 saturated carbocycles. The van der Waals surface area contributed by atoms with Crippen molar-refractivity contribution in [3.05, 3.63) is 59.3 Å². The summed E-state index contributed by atoms with van der Waals surface area (Å²) in [6, 6.07) is 1.63. The van der Waals surface area contributed by atoms with E-state index >= 15 is 0 Å². The molecule has 1 N–H and O–H groups in total. The van der Waals surface area contributed by atoms with Gasteiger partial charge in [0.1, 0.15) is 11.7 Å². The van der Waals surface area contributed by atoms with Crippen LogP contribution in [0.4, 0.5) is 30.6 Å². The van der Waals surface area contributed by atoms with Gasteiger partial charge < -0.3 is 15.1 Å². The van der Waals surface area contributed by atoms with Gasteiger partial charge in [0.05, 0.1) is 18.9 Å². The van der Waals surface area contributed by atoms with E-state index in [1.165, 1.54) is 4.68 Å². The number of anilines is 3. The molecule has 3 aromatic rings. The third-order valence-corrected chi connectivity index (χ3v) is 5.63. The third-order valence-electron chi connectivity index (χ3n) is 5.63. The van der Waals surface area contributed by atoms with Crippen molar-refractivity contribution in [2.45, 2.75) is 39.4 Å². The number of carbonyl (C=O) groups excluding carboxylic acids is 1. The van der Waals surface area contributed by atoms with E-state index in [0.717, 1.165) is 17.7 Å². The summed E-state index contributed by atoms with van der Waals surface area (Å²) in [4.78, 5) is 25.1. The number of aromatic nitrogens is 4. The molecule has 8 nitrogen and oxygen atoms in total. The van der Waals surface area contributed by atoms with Gasteiger partial charge in [-0.1, -0.05) is 6.92 Å². The lowest BCUT2D eigenvalue weighted by atomic mass is 10.1. The lowest BCUT2D eigenvalue weighted by Crippen LogP contribution is -2.52. The van der Waals surface area contributed by atoms with E-state index in [0.29, 0.717) is 37.0 Å². The Morgan fingerprint density at radius 2 is 1.82 bits per heavy atom. The molecule has 0 radical (unpaired) electrons. The maximum atomic E-state index is 13.4. The zero-order chi connectivity index (χ0) is 23.7. The summed E-state index contributed by atoms with van der Waals surface area (Å²) >= 11 is 0. The van der Waals surface area contributed by atoms with Crippen molar-refractivity contribution in [3.63, 3.8) is 0 Å². The van der Waals surface area contributed by atoms with E-state index in [1.54, 1.807) is 30.5 Å². The standard InChI is InChI=1S/C22H24F3N7O/c1-4-17-21(33)30(3)18-10-27-22(29-20(18)32(17)5-2)26-8-14-9-28-31(12-14)11-13-6-15(23)19(25)16(24)7-13/h6-7,9-10,12,17H,4-5,8,11H2,1-3H3,(H,26,27,29)/t17-/m1/s1. The zero-order valence-electron chi connectivity index (χ0n) is 18.5.